The number of benzene rings is 1. The van der Waals surface area contributed by atoms with Crippen LogP contribution in [-0.2, 0) is 14.3 Å². The van der Waals surface area contributed by atoms with Gasteiger partial charge in [0.25, 0.3) is 5.69 Å². The van der Waals surface area contributed by atoms with E-state index in [-0.39, 0.29) is 30.6 Å². The van der Waals surface area contributed by atoms with Gasteiger partial charge < -0.3 is 19.5 Å². The molecule has 11 heteroatoms. The molecular formula is C19H26N2O7S2. The second-order valence-electron chi connectivity index (χ2n) is 6.49. The Morgan fingerprint density at radius 3 is 2.67 bits per heavy atom. The zero-order valence-corrected chi connectivity index (χ0v) is 18.2. The zero-order valence-electron chi connectivity index (χ0n) is 16.6. The number of carbonyl (C=O) groups is 2. The number of nitro benzene ring substituents is 1. The smallest absolute Gasteiger partial charge is 0.432 e. The summed E-state index contributed by atoms with van der Waals surface area (Å²) in [6.07, 6.45) is 4.05. The Kier molecular flexibility index (Phi) is 11.4. The van der Waals surface area contributed by atoms with E-state index in [0.717, 1.165) is 18.1 Å². The van der Waals surface area contributed by atoms with Gasteiger partial charge in [-0.3, -0.25) is 14.9 Å². The van der Waals surface area contributed by atoms with E-state index in [1.807, 2.05) is 21.6 Å². The molecule has 1 aromatic rings. The number of unbranched alkanes of at least 4 members (excludes halogenated alkanes) is 1. The maximum Gasteiger partial charge on any atom is 0.513 e. The van der Waals surface area contributed by atoms with Gasteiger partial charge in [-0.05, 0) is 31.4 Å². The number of nitrogens with zero attached hydrogens (tertiary/aromatic N) is 1. The van der Waals surface area contributed by atoms with E-state index in [1.165, 1.54) is 42.9 Å². The monoisotopic (exact) mass is 458 g/mol. The highest BCUT2D eigenvalue weighted by Gasteiger charge is 2.15. The minimum atomic E-state index is -0.921. The molecule has 0 bridgehead atoms. The van der Waals surface area contributed by atoms with Gasteiger partial charge in [0.1, 0.15) is 12.4 Å². The zero-order chi connectivity index (χ0) is 21.6. The van der Waals surface area contributed by atoms with Crippen LogP contribution in [-0.4, -0.2) is 54.4 Å². The van der Waals surface area contributed by atoms with E-state index in [4.69, 9.17) is 14.2 Å². The first-order valence-corrected chi connectivity index (χ1v) is 12.1. The lowest BCUT2D eigenvalue weighted by Crippen LogP contribution is -2.27. The van der Waals surface area contributed by atoms with Gasteiger partial charge in [-0.25, -0.2) is 4.79 Å². The van der Waals surface area contributed by atoms with Gasteiger partial charge >= 0.3 is 6.16 Å². The molecule has 0 radical (unpaired) electrons. The van der Waals surface area contributed by atoms with E-state index < -0.39 is 11.1 Å². The fourth-order valence-corrected chi connectivity index (χ4v) is 5.65. The lowest BCUT2D eigenvalue weighted by Gasteiger charge is -2.08. The molecule has 9 nitrogen and oxygen atoms in total. The molecule has 1 N–H and O–H groups in total. The van der Waals surface area contributed by atoms with Crippen molar-refractivity contribution in [3.63, 3.8) is 0 Å². The van der Waals surface area contributed by atoms with Crippen LogP contribution in [0.15, 0.2) is 24.3 Å². The molecule has 1 saturated heterocycles. The van der Waals surface area contributed by atoms with E-state index in [1.54, 1.807) is 0 Å². The summed E-state index contributed by atoms with van der Waals surface area (Å²) in [6, 6.07) is 5.08. The molecular weight excluding hydrogens is 432 g/mol. The number of ether oxygens (including phenoxy) is 3. The molecule has 1 fully saturated rings. The van der Waals surface area contributed by atoms with Crippen LogP contribution >= 0.6 is 21.6 Å². The fourth-order valence-electron chi connectivity index (χ4n) is 2.62. The van der Waals surface area contributed by atoms with Crippen molar-refractivity contribution in [2.75, 3.05) is 32.1 Å². The third-order valence-corrected chi connectivity index (χ3v) is 7.18. The second-order valence-corrected chi connectivity index (χ2v) is 9.28. The summed E-state index contributed by atoms with van der Waals surface area (Å²) in [6.45, 7) is 0.892. The van der Waals surface area contributed by atoms with Crippen molar-refractivity contribution in [3.8, 4) is 5.75 Å². The molecule has 1 unspecified atom stereocenters. The summed E-state index contributed by atoms with van der Waals surface area (Å²) in [7, 11) is 3.90. The highest BCUT2D eigenvalue weighted by Crippen LogP contribution is 2.39. The molecule has 166 valence electrons. The fraction of sp³-hybridized carbons (Fsp3) is 0.579. The minimum absolute atomic E-state index is 0.00275. The summed E-state index contributed by atoms with van der Waals surface area (Å²) in [5.41, 5.74) is -0.0985. The normalized spacial score (nSPS) is 15.5. The van der Waals surface area contributed by atoms with Crippen molar-refractivity contribution < 1.29 is 28.7 Å². The third-order valence-electron chi connectivity index (χ3n) is 4.17. The van der Waals surface area contributed by atoms with E-state index in [9.17, 15) is 19.7 Å². The first kappa shape index (κ1) is 24.3. The number of rotatable bonds is 13. The topological polar surface area (TPSA) is 117 Å². The van der Waals surface area contributed by atoms with E-state index >= 15 is 0 Å². The van der Waals surface area contributed by atoms with Gasteiger partial charge in [0.15, 0.2) is 0 Å². The van der Waals surface area contributed by atoms with Crippen molar-refractivity contribution in [1.82, 2.24) is 5.32 Å². The number of hydrogen-bond acceptors (Lipinski definition) is 9. The predicted octanol–water partition coefficient (Wildman–Crippen LogP) is 3.96. The molecule has 1 aliphatic heterocycles. The number of carbonyl (C=O) groups excluding carboxylic acids is 2. The Balaban J connectivity index is 1.41. The minimum Gasteiger partial charge on any atom is -0.432 e. The second kappa shape index (κ2) is 14.1. The van der Waals surface area contributed by atoms with Crippen LogP contribution in [0.5, 0.6) is 5.75 Å². The number of non-ortho nitro benzene ring substituents is 1. The van der Waals surface area contributed by atoms with Gasteiger partial charge in [0.05, 0.1) is 18.1 Å². The third kappa shape index (κ3) is 10.2. The maximum absolute atomic E-state index is 11.8. The molecule has 30 heavy (non-hydrogen) atoms. The van der Waals surface area contributed by atoms with Crippen LogP contribution in [0.2, 0.25) is 0 Å². The highest BCUT2D eigenvalue weighted by atomic mass is 33.1. The molecule has 0 spiro atoms. The first-order chi connectivity index (χ1) is 14.5. The van der Waals surface area contributed by atoms with Gasteiger partial charge in [-0.15, -0.1) is 0 Å². The molecule has 1 amide bonds. The SMILES string of the molecule is O=C(CCCCC1CCSS1)NCCOCCOC(=O)Oc1ccc([N+](=O)[O-])cc1. The molecule has 2 rings (SSSR count). The summed E-state index contributed by atoms with van der Waals surface area (Å²) in [4.78, 5) is 33.3. The van der Waals surface area contributed by atoms with Crippen LogP contribution < -0.4 is 10.1 Å². The first-order valence-electron chi connectivity index (χ1n) is 9.76. The van der Waals surface area contributed by atoms with Crippen molar-refractivity contribution in [2.24, 2.45) is 0 Å². The largest absolute Gasteiger partial charge is 0.513 e. The number of nitro groups is 1. The van der Waals surface area contributed by atoms with Crippen molar-refractivity contribution in [3.05, 3.63) is 34.4 Å². The molecule has 0 aromatic heterocycles. The molecule has 1 heterocycles. The van der Waals surface area contributed by atoms with Crippen LogP contribution in [0.4, 0.5) is 10.5 Å². The maximum atomic E-state index is 11.8. The predicted molar refractivity (Wildman–Crippen MR) is 116 cm³/mol. The van der Waals surface area contributed by atoms with Crippen molar-refractivity contribution in [2.45, 2.75) is 37.4 Å². The number of hydrogen-bond donors (Lipinski definition) is 1. The van der Waals surface area contributed by atoms with E-state index in [0.29, 0.717) is 19.6 Å². The van der Waals surface area contributed by atoms with Gasteiger partial charge in [0, 0.05) is 36.1 Å². The van der Waals surface area contributed by atoms with E-state index in [2.05, 4.69) is 5.32 Å². The Morgan fingerprint density at radius 1 is 1.17 bits per heavy atom. The standard InChI is InChI=1S/C19H26N2O7S2/c22-18(4-2-1-3-17-9-14-29-30-17)20-10-11-26-12-13-27-19(23)28-16-7-5-15(6-8-16)21(24)25/h5-8,17H,1-4,9-14H2,(H,20,22). The Morgan fingerprint density at radius 2 is 1.97 bits per heavy atom. The molecule has 0 saturated carbocycles. The lowest BCUT2D eigenvalue weighted by atomic mass is 10.1. The molecule has 0 aliphatic carbocycles. The van der Waals surface area contributed by atoms with Gasteiger partial charge in [0.2, 0.25) is 5.91 Å². The number of nitrogens with one attached hydrogen (secondary N) is 1. The summed E-state index contributed by atoms with van der Waals surface area (Å²) in [5, 5.41) is 14.1. The van der Waals surface area contributed by atoms with Crippen LogP contribution in [0.1, 0.15) is 32.1 Å². The Bertz CT molecular complexity index is 682. The summed E-state index contributed by atoms with van der Waals surface area (Å²) < 4.78 is 15.0. The highest BCUT2D eigenvalue weighted by molar-refractivity contribution is 8.77. The Labute approximate surface area is 183 Å². The average Bonchev–Trinajstić information content (AvgIpc) is 3.24. The number of amides is 1. The lowest BCUT2D eigenvalue weighted by molar-refractivity contribution is -0.384. The van der Waals surface area contributed by atoms with Crippen LogP contribution in [0.3, 0.4) is 0 Å². The molecule has 1 atom stereocenters. The van der Waals surface area contributed by atoms with Crippen molar-refractivity contribution in [1.29, 1.82) is 0 Å². The molecule has 1 aromatic carbocycles. The molecule has 1 aliphatic rings. The van der Waals surface area contributed by atoms with Gasteiger partial charge in [-0.1, -0.05) is 28.0 Å². The summed E-state index contributed by atoms with van der Waals surface area (Å²) >= 11 is 0. The van der Waals surface area contributed by atoms with Crippen molar-refractivity contribution >= 4 is 39.3 Å². The quantitative estimate of drug-likeness (QED) is 0.117. The van der Waals surface area contributed by atoms with Gasteiger partial charge in [-0.2, -0.15) is 0 Å². The summed E-state index contributed by atoms with van der Waals surface area (Å²) in [5.74, 6) is 1.41. The van der Waals surface area contributed by atoms with Crippen LogP contribution in [0, 0.1) is 10.1 Å². The van der Waals surface area contributed by atoms with Crippen LogP contribution in [0.25, 0.3) is 0 Å². The Hall–Kier alpha value is -1.98. The average molecular weight is 459 g/mol.